The van der Waals surface area contributed by atoms with Gasteiger partial charge in [-0.1, -0.05) is 193 Å². The van der Waals surface area contributed by atoms with Crippen molar-refractivity contribution in [3.8, 4) is 66.8 Å². The first-order valence-electron chi connectivity index (χ1n) is 22.8. The van der Waals surface area contributed by atoms with Crippen LogP contribution in [-0.2, 0) is 16.2 Å². The normalized spacial score (nSPS) is 15.1. The third-order valence-electron chi connectivity index (χ3n) is 15.1. The Bertz CT molecular complexity index is 3310. The van der Waals surface area contributed by atoms with Crippen LogP contribution in [0, 0.1) is 0 Å². The number of fused-ring (bicyclic) bond motifs is 9. The second kappa shape index (κ2) is 13.9. The molecule has 3 aliphatic carbocycles. The number of hydrogen-bond donors (Lipinski definition) is 0. The molecule has 0 atom stereocenters. The number of benzene rings is 9. The fourth-order valence-corrected chi connectivity index (χ4v) is 11.5. The van der Waals surface area contributed by atoms with E-state index in [-0.39, 0.29) is 16.2 Å². The molecule has 9 aromatic rings. The van der Waals surface area contributed by atoms with Gasteiger partial charge in [-0.25, -0.2) is 0 Å². The molecule has 0 fully saturated rings. The van der Waals surface area contributed by atoms with E-state index in [4.69, 9.17) is 0 Å². The van der Waals surface area contributed by atoms with Crippen molar-refractivity contribution in [2.75, 3.05) is 4.90 Å². The van der Waals surface area contributed by atoms with Crippen molar-refractivity contribution in [1.29, 1.82) is 0 Å². The van der Waals surface area contributed by atoms with Gasteiger partial charge in [0.15, 0.2) is 0 Å². The van der Waals surface area contributed by atoms with Crippen molar-refractivity contribution in [3.05, 3.63) is 234 Å². The number of nitrogens with zero attached hydrogens (tertiary/aromatic N) is 1. The minimum Gasteiger partial charge on any atom is -0.310 e. The van der Waals surface area contributed by atoms with Crippen LogP contribution in [0.3, 0.4) is 0 Å². The molecule has 1 heteroatoms. The zero-order valence-corrected chi connectivity index (χ0v) is 37.5. The maximum Gasteiger partial charge on any atom is 0.0543 e. The molecule has 0 N–H and O–H groups in total. The smallest absolute Gasteiger partial charge is 0.0543 e. The summed E-state index contributed by atoms with van der Waals surface area (Å²) < 4.78 is 0. The van der Waals surface area contributed by atoms with E-state index in [2.05, 4.69) is 247 Å². The Labute approximate surface area is 378 Å². The largest absolute Gasteiger partial charge is 0.310 e. The first kappa shape index (κ1) is 38.5. The molecule has 3 aliphatic rings. The van der Waals surface area contributed by atoms with Gasteiger partial charge < -0.3 is 4.90 Å². The topological polar surface area (TPSA) is 3.24 Å². The first-order chi connectivity index (χ1) is 31.0. The predicted octanol–water partition coefficient (Wildman–Crippen LogP) is 17.1. The van der Waals surface area contributed by atoms with Gasteiger partial charge in [0.1, 0.15) is 0 Å². The molecule has 0 spiro atoms. The van der Waals surface area contributed by atoms with Gasteiger partial charge in [-0.15, -0.1) is 0 Å². The van der Waals surface area contributed by atoms with Gasteiger partial charge in [-0.3, -0.25) is 0 Å². The van der Waals surface area contributed by atoms with Crippen molar-refractivity contribution < 1.29 is 0 Å². The fourth-order valence-electron chi connectivity index (χ4n) is 11.5. The van der Waals surface area contributed by atoms with Crippen LogP contribution in [0.1, 0.15) is 74.9 Å². The Morgan fingerprint density at radius 1 is 0.266 bits per heavy atom. The van der Waals surface area contributed by atoms with Crippen LogP contribution < -0.4 is 4.90 Å². The highest BCUT2D eigenvalue weighted by Gasteiger charge is 2.43. The van der Waals surface area contributed by atoms with Gasteiger partial charge in [0.25, 0.3) is 0 Å². The van der Waals surface area contributed by atoms with Crippen LogP contribution >= 0.6 is 0 Å². The summed E-state index contributed by atoms with van der Waals surface area (Å²) in [5, 5.41) is 0. The van der Waals surface area contributed by atoms with Crippen LogP contribution in [0.15, 0.2) is 200 Å². The molecule has 0 radical (unpaired) electrons. The highest BCUT2D eigenvalue weighted by Crippen LogP contribution is 2.59. The van der Waals surface area contributed by atoms with Gasteiger partial charge in [0.2, 0.25) is 0 Å². The van der Waals surface area contributed by atoms with Crippen LogP contribution in [0.5, 0.6) is 0 Å². The quantitative estimate of drug-likeness (QED) is 0.161. The van der Waals surface area contributed by atoms with Gasteiger partial charge >= 0.3 is 0 Å². The second-order valence-electron chi connectivity index (χ2n) is 19.7. The Morgan fingerprint density at radius 3 is 1.25 bits per heavy atom. The molecule has 0 saturated heterocycles. The highest BCUT2D eigenvalue weighted by atomic mass is 15.1. The Balaban J connectivity index is 0.983. The van der Waals surface area contributed by atoms with E-state index in [0.29, 0.717) is 0 Å². The molecule has 0 bridgehead atoms. The number of rotatable bonds is 6. The van der Waals surface area contributed by atoms with Crippen molar-refractivity contribution >= 4 is 17.1 Å². The second-order valence-corrected chi connectivity index (χ2v) is 19.7. The molecular weight excluding hydrogens is 771 g/mol. The molecule has 308 valence electrons. The summed E-state index contributed by atoms with van der Waals surface area (Å²) in [6.07, 6.45) is 0. The monoisotopic (exact) mass is 821 g/mol. The van der Waals surface area contributed by atoms with Crippen molar-refractivity contribution in [2.24, 2.45) is 0 Å². The SMILES string of the molecule is CC1(C)c2ccccc2-c2ccc(-c3ccc(N(c4ccc(-c5ccc(-c6ccccc6)cc5)cc4)c4cccc5c4-c4cc6c(cc4C5(C)C)-c4ccccc4C6(C)C)cc3)cc21. The summed E-state index contributed by atoms with van der Waals surface area (Å²) >= 11 is 0. The van der Waals surface area contributed by atoms with E-state index < -0.39 is 0 Å². The van der Waals surface area contributed by atoms with Crippen molar-refractivity contribution in [3.63, 3.8) is 0 Å². The minimum atomic E-state index is -0.177. The summed E-state index contributed by atoms with van der Waals surface area (Å²) in [5.41, 5.74) is 26.9. The summed E-state index contributed by atoms with van der Waals surface area (Å²) in [7, 11) is 0. The lowest BCUT2D eigenvalue weighted by atomic mass is 9.79. The summed E-state index contributed by atoms with van der Waals surface area (Å²) in [5.74, 6) is 0. The van der Waals surface area contributed by atoms with Gasteiger partial charge in [-0.2, -0.15) is 0 Å². The zero-order chi connectivity index (χ0) is 43.5. The van der Waals surface area contributed by atoms with Gasteiger partial charge in [-0.05, 0) is 143 Å². The Morgan fingerprint density at radius 2 is 0.656 bits per heavy atom. The zero-order valence-electron chi connectivity index (χ0n) is 37.5. The molecule has 9 aromatic carbocycles. The lowest BCUT2D eigenvalue weighted by molar-refractivity contribution is 0.652. The Hall–Kier alpha value is -7.22. The molecule has 0 aromatic heterocycles. The van der Waals surface area contributed by atoms with Crippen molar-refractivity contribution in [1.82, 2.24) is 0 Å². The van der Waals surface area contributed by atoms with E-state index in [0.717, 1.165) is 11.4 Å². The average molecular weight is 822 g/mol. The summed E-state index contributed by atoms with van der Waals surface area (Å²) in [6, 6.07) is 75.0. The number of anilines is 3. The minimum absolute atomic E-state index is 0.0509. The lowest BCUT2D eigenvalue weighted by Gasteiger charge is -2.29. The van der Waals surface area contributed by atoms with E-state index >= 15 is 0 Å². The summed E-state index contributed by atoms with van der Waals surface area (Å²) in [6.45, 7) is 14.3. The lowest BCUT2D eigenvalue weighted by Crippen LogP contribution is -2.17. The average Bonchev–Trinajstić information content (AvgIpc) is 3.81. The van der Waals surface area contributed by atoms with Gasteiger partial charge in [0, 0.05) is 33.2 Å². The highest BCUT2D eigenvalue weighted by molar-refractivity contribution is 5.98. The predicted molar refractivity (Wildman–Crippen MR) is 270 cm³/mol. The number of hydrogen-bond acceptors (Lipinski definition) is 1. The standard InChI is InChI=1S/C63H51N/c1-61(2)53-19-12-10-17-48(53)50-36-31-45(37-56(50)61)44-29-34-47(35-30-44)64(46-32-27-43(28-33-46)42-25-23-41(24-26-42)40-15-8-7-9-16-40)59-22-14-21-55-60(59)52-39-57-51(38-58(52)63(55,5)6)49-18-11-13-20-54(49)62(57,3)4/h7-39H,1-6H3. The Kier molecular flexibility index (Phi) is 8.35. The van der Waals surface area contributed by atoms with Crippen molar-refractivity contribution in [2.45, 2.75) is 57.8 Å². The molecular formula is C63H51N. The molecule has 12 rings (SSSR count). The van der Waals surface area contributed by atoms with Crippen LogP contribution in [0.2, 0.25) is 0 Å². The molecule has 0 aliphatic heterocycles. The van der Waals surface area contributed by atoms with Crippen LogP contribution in [0.4, 0.5) is 17.1 Å². The summed E-state index contributed by atoms with van der Waals surface area (Å²) in [4.78, 5) is 2.49. The maximum atomic E-state index is 2.54. The van der Waals surface area contributed by atoms with E-state index in [1.165, 1.54) is 106 Å². The van der Waals surface area contributed by atoms with E-state index in [9.17, 15) is 0 Å². The molecule has 0 saturated carbocycles. The molecule has 64 heavy (non-hydrogen) atoms. The van der Waals surface area contributed by atoms with Crippen LogP contribution in [0.25, 0.3) is 66.8 Å². The molecule has 0 unspecified atom stereocenters. The fraction of sp³-hybridized carbons (Fsp3) is 0.143. The van der Waals surface area contributed by atoms with Crippen LogP contribution in [-0.4, -0.2) is 0 Å². The molecule has 0 heterocycles. The first-order valence-corrected chi connectivity index (χ1v) is 22.8. The van der Waals surface area contributed by atoms with Gasteiger partial charge in [0.05, 0.1) is 5.69 Å². The maximum absolute atomic E-state index is 2.54. The van der Waals surface area contributed by atoms with E-state index in [1.807, 2.05) is 0 Å². The third kappa shape index (κ3) is 5.63. The van der Waals surface area contributed by atoms with E-state index in [1.54, 1.807) is 0 Å². The third-order valence-corrected chi connectivity index (χ3v) is 15.1. The molecule has 1 nitrogen and oxygen atoms in total. The molecule has 0 amide bonds.